The first-order valence-corrected chi connectivity index (χ1v) is 6.84. The minimum atomic E-state index is -0.341. The monoisotopic (exact) mass is 321 g/mol. The average Bonchev–Trinajstić information content (AvgIpc) is 2.74. The molecule has 5 heteroatoms. The van der Waals surface area contributed by atoms with Gasteiger partial charge in [0.05, 0.1) is 16.8 Å². The Bertz CT molecular complexity index is 373. The predicted molar refractivity (Wildman–Crippen MR) is 71.2 cm³/mol. The van der Waals surface area contributed by atoms with Crippen molar-refractivity contribution >= 4 is 33.2 Å². The third-order valence-electron chi connectivity index (χ3n) is 2.80. The third-order valence-corrected chi connectivity index (χ3v) is 3.72. The molecule has 0 bridgehead atoms. The van der Waals surface area contributed by atoms with Crippen molar-refractivity contribution in [3.8, 4) is 0 Å². The topological polar surface area (TPSA) is 21.3 Å². The molecule has 1 fully saturated rings. The van der Waals surface area contributed by atoms with E-state index in [0.717, 1.165) is 38.1 Å². The summed E-state index contributed by atoms with van der Waals surface area (Å²) in [5.74, 6) is -0.341. The molecule has 1 atom stereocenters. The highest BCUT2D eigenvalue weighted by Gasteiger charge is 2.15. The molecule has 1 unspecified atom stereocenters. The predicted octanol–water partition coefficient (Wildman–Crippen LogP) is 4.22. The van der Waals surface area contributed by atoms with Crippen LogP contribution in [0, 0.1) is 5.82 Å². The summed E-state index contributed by atoms with van der Waals surface area (Å²) in [5, 5.41) is 3.60. The van der Waals surface area contributed by atoms with Gasteiger partial charge < -0.3 is 10.1 Å². The summed E-state index contributed by atoms with van der Waals surface area (Å²) < 4.78 is 19.2. The van der Waals surface area contributed by atoms with Crippen LogP contribution in [0.25, 0.3) is 0 Å². The Morgan fingerprint density at radius 1 is 1.53 bits per heavy atom. The molecule has 0 radical (unpaired) electrons. The Morgan fingerprint density at radius 2 is 2.35 bits per heavy atom. The largest absolute Gasteiger partial charge is 0.383 e. The van der Waals surface area contributed by atoms with Crippen LogP contribution in [0.3, 0.4) is 0 Å². The van der Waals surface area contributed by atoms with Crippen molar-refractivity contribution in [1.29, 1.82) is 0 Å². The molecule has 0 aliphatic carbocycles. The van der Waals surface area contributed by atoms with Crippen molar-refractivity contribution in [3.05, 3.63) is 27.4 Å². The standard InChI is InChI=1S/C12H14BrClFNO/c13-10-6-8(15)7-11(14)12(10)16-4-3-9-2-1-5-17-9/h6-7,9,16H,1-5H2. The summed E-state index contributed by atoms with van der Waals surface area (Å²) in [4.78, 5) is 0. The van der Waals surface area contributed by atoms with E-state index in [4.69, 9.17) is 16.3 Å². The van der Waals surface area contributed by atoms with Crippen LogP contribution in [0.2, 0.25) is 5.02 Å². The molecule has 1 N–H and O–H groups in total. The van der Waals surface area contributed by atoms with Gasteiger partial charge in [-0.3, -0.25) is 0 Å². The lowest BCUT2D eigenvalue weighted by Gasteiger charge is -2.13. The van der Waals surface area contributed by atoms with Crippen molar-refractivity contribution in [3.63, 3.8) is 0 Å². The minimum Gasteiger partial charge on any atom is -0.383 e. The fourth-order valence-corrected chi connectivity index (χ4v) is 2.90. The Balaban J connectivity index is 1.89. The van der Waals surface area contributed by atoms with Gasteiger partial charge in [-0.15, -0.1) is 0 Å². The van der Waals surface area contributed by atoms with Crippen LogP contribution in [0.5, 0.6) is 0 Å². The van der Waals surface area contributed by atoms with Gasteiger partial charge in [0.25, 0.3) is 0 Å². The molecule has 0 amide bonds. The number of rotatable bonds is 4. The molecule has 1 saturated heterocycles. The van der Waals surface area contributed by atoms with Crippen molar-refractivity contribution < 1.29 is 9.13 Å². The highest BCUT2D eigenvalue weighted by atomic mass is 79.9. The van der Waals surface area contributed by atoms with Crippen LogP contribution in [0.4, 0.5) is 10.1 Å². The lowest BCUT2D eigenvalue weighted by molar-refractivity contribution is 0.107. The molecular weight excluding hydrogens is 308 g/mol. The van der Waals surface area contributed by atoms with Gasteiger partial charge in [-0.2, -0.15) is 0 Å². The lowest BCUT2D eigenvalue weighted by Crippen LogP contribution is -2.12. The minimum absolute atomic E-state index is 0.341. The summed E-state index contributed by atoms with van der Waals surface area (Å²) in [6.07, 6.45) is 3.56. The van der Waals surface area contributed by atoms with Crippen LogP contribution in [0.15, 0.2) is 16.6 Å². The van der Waals surface area contributed by atoms with Crippen LogP contribution in [-0.4, -0.2) is 19.3 Å². The third kappa shape index (κ3) is 3.57. The van der Waals surface area contributed by atoms with Crippen LogP contribution < -0.4 is 5.32 Å². The van der Waals surface area contributed by atoms with Crippen molar-refractivity contribution in [2.45, 2.75) is 25.4 Å². The van der Waals surface area contributed by atoms with Gasteiger partial charge in [-0.1, -0.05) is 11.6 Å². The maximum absolute atomic E-state index is 13.0. The second kappa shape index (κ2) is 6.03. The Hall–Kier alpha value is -0.320. The van der Waals surface area contributed by atoms with E-state index in [-0.39, 0.29) is 5.82 Å². The molecule has 1 aliphatic heterocycles. The molecule has 2 nitrogen and oxygen atoms in total. The highest BCUT2D eigenvalue weighted by Crippen LogP contribution is 2.31. The molecular formula is C12H14BrClFNO. The quantitative estimate of drug-likeness (QED) is 0.896. The summed E-state index contributed by atoms with van der Waals surface area (Å²) in [7, 11) is 0. The molecule has 17 heavy (non-hydrogen) atoms. The molecule has 1 aliphatic rings. The van der Waals surface area contributed by atoms with E-state index < -0.39 is 0 Å². The average molecular weight is 323 g/mol. The first-order valence-electron chi connectivity index (χ1n) is 5.67. The van der Waals surface area contributed by atoms with Crippen molar-refractivity contribution in [1.82, 2.24) is 0 Å². The van der Waals surface area contributed by atoms with Crippen molar-refractivity contribution in [2.75, 3.05) is 18.5 Å². The zero-order valence-corrected chi connectivity index (χ0v) is 11.7. The van der Waals surface area contributed by atoms with E-state index in [2.05, 4.69) is 21.2 Å². The van der Waals surface area contributed by atoms with Gasteiger partial charge >= 0.3 is 0 Å². The summed E-state index contributed by atoms with van der Waals surface area (Å²) >= 11 is 9.26. The van der Waals surface area contributed by atoms with E-state index in [9.17, 15) is 4.39 Å². The molecule has 0 aromatic heterocycles. The molecule has 0 spiro atoms. The van der Waals surface area contributed by atoms with E-state index >= 15 is 0 Å². The van der Waals surface area contributed by atoms with Crippen LogP contribution >= 0.6 is 27.5 Å². The number of halogens is 3. The van der Waals surface area contributed by atoms with Gasteiger partial charge in [-0.05, 0) is 47.3 Å². The first-order chi connectivity index (χ1) is 8.16. The molecule has 1 heterocycles. The summed E-state index contributed by atoms with van der Waals surface area (Å²) in [5.41, 5.74) is 0.742. The SMILES string of the molecule is Fc1cc(Cl)c(NCCC2CCCO2)c(Br)c1. The van der Waals surface area contributed by atoms with E-state index in [1.807, 2.05) is 0 Å². The maximum Gasteiger partial charge on any atom is 0.125 e. The maximum atomic E-state index is 13.0. The van der Waals surface area contributed by atoms with Gasteiger partial charge in [0.15, 0.2) is 0 Å². The number of benzene rings is 1. The summed E-state index contributed by atoms with van der Waals surface area (Å²) in [6.45, 7) is 1.64. The second-order valence-electron chi connectivity index (χ2n) is 4.09. The number of hydrogen-bond acceptors (Lipinski definition) is 2. The first kappa shape index (κ1) is 13.1. The van der Waals surface area contributed by atoms with Gasteiger partial charge in [0.1, 0.15) is 5.82 Å². The van der Waals surface area contributed by atoms with Gasteiger partial charge in [0.2, 0.25) is 0 Å². The zero-order chi connectivity index (χ0) is 12.3. The lowest BCUT2D eigenvalue weighted by atomic mass is 10.2. The summed E-state index contributed by atoms with van der Waals surface area (Å²) in [6, 6.07) is 2.71. The van der Waals surface area contributed by atoms with Gasteiger partial charge in [-0.25, -0.2) is 4.39 Å². The Kier molecular flexibility index (Phi) is 4.65. The van der Waals surface area contributed by atoms with Crippen LogP contribution in [0.1, 0.15) is 19.3 Å². The van der Waals surface area contributed by atoms with Gasteiger partial charge in [0, 0.05) is 17.6 Å². The fourth-order valence-electron chi connectivity index (χ4n) is 1.94. The Labute approximate surface area is 114 Å². The number of ether oxygens (including phenoxy) is 1. The Morgan fingerprint density at radius 3 is 3.00 bits per heavy atom. The van der Waals surface area contributed by atoms with E-state index in [1.54, 1.807) is 0 Å². The van der Waals surface area contributed by atoms with E-state index in [1.165, 1.54) is 12.1 Å². The number of hydrogen-bond donors (Lipinski definition) is 1. The number of anilines is 1. The second-order valence-corrected chi connectivity index (χ2v) is 5.36. The molecule has 1 aromatic rings. The smallest absolute Gasteiger partial charge is 0.125 e. The van der Waals surface area contributed by atoms with E-state index in [0.29, 0.717) is 15.6 Å². The molecule has 1 aromatic carbocycles. The highest BCUT2D eigenvalue weighted by molar-refractivity contribution is 9.10. The molecule has 94 valence electrons. The van der Waals surface area contributed by atoms with Crippen LogP contribution in [-0.2, 0) is 4.74 Å². The zero-order valence-electron chi connectivity index (χ0n) is 9.31. The number of nitrogens with one attached hydrogen (secondary N) is 1. The van der Waals surface area contributed by atoms with Crippen molar-refractivity contribution in [2.24, 2.45) is 0 Å². The fraction of sp³-hybridized carbons (Fsp3) is 0.500. The molecule has 0 saturated carbocycles. The normalized spacial score (nSPS) is 19.6. The molecule has 2 rings (SSSR count).